The molecule has 0 bridgehead atoms. The number of aryl methyl sites for hydroxylation is 1. The minimum atomic E-state index is 0.0824. The molecule has 4 nitrogen and oxygen atoms in total. The summed E-state index contributed by atoms with van der Waals surface area (Å²) in [6.07, 6.45) is 6.09. The van der Waals surface area contributed by atoms with Crippen LogP contribution in [0, 0.1) is 6.92 Å². The van der Waals surface area contributed by atoms with Crippen LogP contribution in [-0.2, 0) is 12.8 Å². The van der Waals surface area contributed by atoms with Crippen molar-refractivity contribution in [1.82, 2.24) is 10.2 Å². The van der Waals surface area contributed by atoms with Gasteiger partial charge in [-0.05, 0) is 55.8 Å². The molecule has 122 valence electrons. The maximum absolute atomic E-state index is 6.14. The Hall–Kier alpha value is -1.34. The summed E-state index contributed by atoms with van der Waals surface area (Å²) in [7, 11) is 0. The number of fused-ring (bicyclic) bond motifs is 1. The number of nitrogens with zero attached hydrogens (tertiary/aromatic N) is 2. The maximum Gasteiger partial charge on any atom is 0.107 e. The first kappa shape index (κ1) is 16.5. The van der Waals surface area contributed by atoms with Crippen molar-refractivity contribution in [3.63, 3.8) is 0 Å². The highest BCUT2D eigenvalue weighted by Crippen LogP contribution is 2.39. The summed E-state index contributed by atoms with van der Waals surface area (Å²) < 4.78 is 1.22. The minimum Gasteiger partial charge on any atom is -0.330 e. The fraction of sp³-hybridized carbons (Fsp3) is 0.412. The molecule has 3 aromatic heterocycles. The lowest BCUT2D eigenvalue weighted by atomic mass is 10.1. The van der Waals surface area contributed by atoms with Gasteiger partial charge in [0.2, 0.25) is 0 Å². The third-order valence-corrected chi connectivity index (χ3v) is 6.25. The van der Waals surface area contributed by atoms with Gasteiger partial charge < -0.3 is 11.5 Å². The lowest BCUT2D eigenvalue weighted by Gasteiger charge is -2.06. The standard InChI is InChI=1S/C11H13N3S.C6H9NS/c1-7-9(6-11(12)3-4-11)15-8-2-5-13-14-10(7)8;7-4-3-6-2-1-5-8-6/h2,5H,3-4,6,12H2,1H3;1-2,5H,3-4,7H2. The van der Waals surface area contributed by atoms with Gasteiger partial charge in [-0.3, -0.25) is 0 Å². The van der Waals surface area contributed by atoms with Crippen molar-refractivity contribution in [3.05, 3.63) is 45.1 Å². The van der Waals surface area contributed by atoms with E-state index in [0.29, 0.717) is 0 Å². The third-order valence-electron chi connectivity index (χ3n) is 4.07. The predicted octanol–water partition coefficient (Wildman–Crippen LogP) is 3.28. The van der Waals surface area contributed by atoms with Gasteiger partial charge in [0.1, 0.15) is 5.52 Å². The van der Waals surface area contributed by atoms with Gasteiger partial charge >= 0.3 is 0 Å². The average molecular weight is 347 g/mol. The van der Waals surface area contributed by atoms with E-state index in [0.717, 1.165) is 37.7 Å². The molecule has 3 aromatic rings. The molecule has 0 atom stereocenters. The van der Waals surface area contributed by atoms with E-state index in [1.54, 1.807) is 17.5 Å². The molecule has 3 heterocycles. The van der Waals surface area contributed by atoms with Crippen LogP contribution in [0.1, 0.15) is 28.2 Å². The van der Waals surface area contributed by atoms with Crippen LogP contribution in [0.15, 0.2) is 29.8 Å². The van der Waals surface area contributed by atoms with Crippen LogP contribution in [0.5, 0.6) is 0 Å². The highest BCUT2D eigenvalue weighted by atomic mass is 32.1. The highest BCUT2D eigenvalue weighted by Gasteiger charge is 2.39. The predicted molar refractivity (Wildman–Crippen MR) is 99.1 cm³/mol. The molecule has 0 radical (unpaired) electrons. The smallest absolute Gasteiger partial charge is 0.107 e. The zero-order chi connectivity index (χ0) is 16.3. The molecule has 1 fully saturated rings. The Kier molecular flexibility index (Phi) is 5.06. The molecule has 1 saturated carbocycles. The van der Waals surface area contributed by atoms with Gasteiger partial charge in [-0.2, -0.15) is 5.10 Å². The number of hydrogen-bond acceptors (Lipinski definition) is 6. The van der Waals surface area contributed by atoms with Gasteiger partial charge in [0, 0.05) is 21.7 Å². The molecule has 0 aliphatic heterocycles. The largest absolute Gasteiger partial charge is 0.330 e. The van der Waals surface area contributed by atoms with E-state index in [9.17, 15) is 0 Å². The summed E-state index contributed by atoms with van der Waals surface area (Å²) in [5.74, 6) is 0. The van der Waals surface area contributed by atoms with Gasteiger partial charge in [-0.1, -0.05) is 6.07 Å². The summed E-state index contributed by atoms with van der Waals surface area (Å²) in [4.78, 5) is 2.76. The number of rotatable bonds is 4. The van der Waals surface area contributed by atoms with Crippen molar-refractivity contribution in [1.29, 1.82) is 0 Å². The summed E-state index contributed by atoms with van der Waals surface area (Å²) in [6, 6.07) is 6.19. The molecule has 0 unspecified atom stereocenters. The molecule has 0 saturated heterocycles. The molecule has 0 amide bonds. The summed E-state index contributed by atoms with van der Waals surface area (Å²) >= 11 is 3.58. The highest BCUT2D eigenvalue weighted by molar-refractivity contribution is 7.19. The number of hydrogen-bond donors (Lipinski definition) is 2. The summed E-state index contributed by atoms with van der Waals surface area (Å²) in [5.41, 5.74) is 13.9. The first-order chi connectivity index (χ1) is 11.1. The Morgan fingerprint density at radius 2 is 2.13 bits per heavy atom. The SMILES string of the molecule is Cc1c(CC2(N)CC2)sc2ccnnc12.NCCc1cccs1. The molecule has 0 spiro atoms. The van der Waals surface area contributed by atoms with Gasteiger partial charge in [-0.25, -0.2) is 0 Å². The van der Waals surface area contributed by atoms with Crippen molar-refractivity contribution < 1.29 is 0 Å². The fourth-order valence-electron chi connectivity index (χ4n) is 2.43. The lowest BCUT2D eigenvalue weighted by Crippen LogP contribution is -2.24. The van der Waals surface area contributed by atoms with Crippen LogP contribution < -0.4 is 11.5 Å². The fourth-order valence-corrected chi connectivity index (χ4v) is 4.45. The molecule has 1 aliphatic rings. The van der Waals surface area contributed by atoms with Crippen LogP contribution in [0.3, 0.4) is 0 Å². The topological polar surface area (TPSA) is 77.8 Å². The molecule has 4 N–H and O–H groups in total. The first-order valence-electron chi connectivity index (χ1n) is 7.82. The van der Waals surface area contributed by atoms with E-state index in [1.165, 1.54) is 20.0 Å². The molecular weight excluding hydrogens is 324 g/mol. The van der Waals surface area contributed by atoms with Crippen LogP contribution in [0.25, 0.3) is 10.2 Å². The van der Waals surface area contributed by atoms with Crippen molar-refractivity contribution in [2.24, 2.45) is 11.5 Å². The monoisotopic (exact) mass is 346 g/mol. The van der Waals surface area contributed by atoms with E-state index in [2.05, 4.69) is 34.6 Å². The van der Waals surface area contributed by atoms with E-state index in [-0.39, 0.29) is 5.54 Å². The van der Waals surface area contributed by atoms with Crippen molar-refractivity contribution in [2.45, 2.75) is 38.1 Å². The molecule has 4 rings (SSSR count). The van der Waals surface area contributed by atoms with Gasteiger partial charge in [0.25, 0.3) is 0 Å². The quantitative estimate of drug-likeness (QED) is 0.760. The average Bonchev–Trinajstić information content (AvgIpc) is 2.96. The normalized spacial score (nSPS) is 15.3. The lowest BCUT2D eigenvalue weighted by molar-refractivity contribution is 0.677. The van der Waals surface area contributed by atoms with E-state index < -0.39 is 0 Å². The van der Waals surface area contributed by atoms with Crippen LogP contribution in [-0.4, -0.2) is 22.3 Å². The van der Waals surface area contributed by atoms with Crippen LogP contribution >= 0.6 is 22.7 Å². The summed E-state index contributed by atoms with van der Waals surface area (Å²) in [5, 5.41) is 10.2. The summed E-state index contributed by atoms with van der Waals surface area (Å²) in [6.45, 7) is 2.88. The minimum absolute atomic E-state index is 0.0824. The van der Waals surface area contributed by atoms with E-state index in [1.807, 2.05) is 17.4 Å². The second-order valence-electron chi connectivity index (χ2n) is 6.05. The molecule has 1 aliphatic carbocycles. The van der Waals surface area contributed by atoms with E-state index >= 15 is 0 Å². The Labute approximate surface area is 144 Å². The second kappa shape index (κ2) is 7.05. The molecular formula is C17H22N4S2. The van der Waals surface area contributed by atoms with Crippen molar-refractivity contribution in [3.8, 4) is 0 Å². The first-order valence-corrected chi connectivity index (χ1v) is 9.52. The van der Waals surface area contributed by atoms with Crippen molar-refractivity contribution in [2.75, 3.05) is 6.54 Å². The van der Waals surface area contributed by atoms with Gasteiger partial charge in [0.15, 0.2) is 0 Å². The zero-order valence-electron chi connectivity index (χ0n) is 13.3. The van der Waals surface area contributed by atoms with Crippen LogP contribution in [0.2, 0.25) is 0 Å². The number of nitrogens with two attached hydrogens (primary N) is 2. The molecule has 23 heavy (non-hydrogen) atoms. The number of thiophene rings is 2. The second-order valence-corrected chi connectivity index (χ2v) is 8.22. The van der Waals surface area contributed by atoms with Crippen molar-refractivity contribution >= 4 is 32.9 Å². The Bertz CT molecular complexity index is 760. The third kappa shape index (κ3) is 4.14. The zero-order valence-corrected chi connectivity index (χ0v) is 14.9. The maximum atomic E-state index is 6.14. The van der Waals surface area contributed by atoms with Crippen LogP contribution in [0.4, 0.5) is 0 Å². The van der Waals surface area contributed by atoms with Gasteiger partial charge in [0.05, 0.1) is 10.9 Å². The van der Waals surface area contributed by atoms with E-state index in [4.69, 9.17) is 11.5 Å². The Morgan fingerprint density at radius 3 is 2.74 bits per heavy atom. The number of aromatic nitrogens is 2. The molecule has 0 aromatic carbocycles. The Morgan fingerprint density at radius 1 is 1.30 bits per heavy atom. The Balaban J connectivity index is 0.000000166. The van der Waals surface area contributed by atoms with Gasteiger partial charge in [-0.15, -0.1) is 27.8 Å². The molecule has 6 heteroatoms.